The van der Waals surface area contributed by atoms with E-state index in [1.54, 1.807) is 12.3 Å². The van der Waals surface area contributed by atoms with Gasteiger partial charge in [-0.15, -0.1) is 0 Å². The lowest BCUT2D eigenvalue weighted by Gasteiger charge is -2.24. The predicted molar refractivity (Wildman–Crippen MR) is 80.6 cm³/mol. The average molecular weight is 279 g/mol. The van der Waals surface area contributed by atoms with Gasteiger partial charge in [0.25, 0.3) is 0 Å². The standard InChI is InChI=1S/C14H21N3OS/c1-3-19-12-8-7-11(10-12)17(2)14(18)16-13-6-4-5-9-15-13/h4-6,9,11-12H,3,7-8,10H2,1-2H3,(H,15,16,18)/t11-,12+/m1/s1. The van der Waals surface area contributed by atoms with Crippen LogP contribution in [0.15, 0.2) is 24.4 Å². The number of nitrogens with zero attached hydrogens (tertiary/aromatic N) is 2. The molecule has 1 saturated carbocycles. The van der Waals surface area contributed by atoms with Gasteiger partial charge < -0.3 is 4.90 Å². The number of aromatic nitrogens is 1. The molecule has 1 aromatic heterocycles. The molecule has 2 rings (SSSR count). The topological polar surface area (TPSA) is 45.2 Å². The molecule has 1 aliphatic carbocycles. The number of anilines is 1. The van der Waals surface area contributed by atoms with Crippen LogP contribution in [0.1, 0.15) is 26.2 Å². The highest BCUT2D eigenvalue weighted by Crippen LogP contribution is 2.32. The van der Waals surface area contributed by atoms with E-state index in [4.69, 9.17) is 0 Å². The van der Waals surface area contributed by atoms with Crippen LogP contribution in [0.25, 0.3) is 0 Å². The van der Waals surface area contributed by atoms with Crippen molar-refractivity contribution >= 4 is 23.6 Å². The van der Waals surface area contributed by atoms with Crippen LogP contribution in [0.4, 0.5) is 10.6 Å². The minimum absolute atomic E-state index is 0.0640. The van der Waals surface area contributed by atoms with E-state index in [0.717, 1.165) is 18.6 Å². The molecule has 1 aromatic rings. The zero-order chi connectivity index (χ0) is 13.7. The number of urea groups is 1. The molecule has 1 fully saturated rings. The van der Waals surface area contributed by atoms with Crippen LogP contribution in [0.3, 0.4) is 0 Å². The van der Waals surface area contributed by atoms with E-state index in [1.165, 1.54) is 6.42 Å². The van der Waals surface area contributed by atoms with Gasteiger partial charge in [0.1, 0.15) is 5.82 Å². The Morgan fingerprint density at radius 1 is 1.53 bits per heavy atom. The Hall–Kier alpha value is -1.23. The van der Waals surface area contributed by atoms with Gasteiger partial charge in [-0.3, -0.25) is 5.32 Å². The lowest BCUT2D eigenvalue weighted by Crippen LogP contribution is -2.38. The van der Waals surface area contributed by atoms with Gasteiger partial charge >= 0.3 is 6.03 Å². The van der Waals surface area contributed by atoms with Crippen molar-refractivity contribution in [3.05, 3.63) is 24.4 Å². The highest BCUT2D eigenvalue weighted by atomic mass is 32.2. The quantitative estimate of drug-likeness (QED) is 0.920. The fourth-order valence-corrected chi connectivity index (χ4v) is 3.59. The minimum Gasteiger partial charge on any atom is -0.325 e. The molecule has 1 heterocycles. The third kappa shape index (κ3) is 3.86. The zero-order valence-corrected chi connectivity index (χ0v) is 12.3. The second-order valence-electron chi connectivity index (χ2n) is 4.80. The minimum atomic E-state index is -0.0640. The summed E-state index contributed by atoms with van der Waals surface area (Å²) in [6, 6.07) is 5.80. The van der Waals surface area contributed by atoms with Gasteiger partial charge in [-0.1, -0.05) is 13.0 Å². The summed E-state index contributed by atoms with van der Waals surface area (Å²) in [5, 5.41) is 3.54. The van der Waals surface area contributed by atoms with Crippen LogP contribution in [-0.2, 0) is 0 Å². The van der Waals surface area contributed by atoms with Crippen molar-refractivity contribution in [2.45, 2.75) is 37.5 Å². The number of pyridine rings is 1. The van der Waals surface area contributed by atoms with Crippen molar-refractivity contribution in [1.82, 2.24) is 9.88 Å². The van der Waals surface area contributed by atoms with Crippen molar-refractivity contribution in [2.75, 3.05) is 18.1 Å². The predicted octanol–water partition coefficient (Wildman–Crippen LogP) is 3.22. The van der Waals surface area contributed by atoms with Crippen molar-refractivity contribution < 1.29 is 4.79 Å². The van der Waals surface area contributed by atoms with Crippen LogP contribution in [0.2, 0.25) is 0 Å². The van der Waals surface area contributed by atoms with E-state index < -0.39 is 0 Å². The van der Waals surface area contributed by atoms with Gasteiger partial charge in [0.05, 0.1) is 0 Å². The maximum Gasteiger partial charge on any atom is 0.322 e. The van der Waals surface area contributed by atoms with Crippen molar-refractivity contribution in [1.29, 1.82) is 0 Å². The smallest absolute Gasteiger partial charge is 0.322 e. The van der Waals surface area contributed by atoms with Crippen LogP contribution in [-0.4, -0.2) is 40.0 Å². The van der Waals surface area contributed by atoms with E-state index in [1.807, 2.05) is 35.8 Å². The van der Waals surface area contributed by atoms with E-state index in [0.29, 0.717) is 17.1 Å². The molecule has 4 nitrogen and oxygen atoms in total. The molecule has 2 atom stereocenters. The summed E-state index contributed by atoms with van der Waals surface area (Å²) in [4.78, 5) is 18.1. The molecule has 0 unspecified atom stereocenters. The van der Waals surface area contributed by atoms with Crippen LogP contribution >= 0.6 is 11.8 Å². The number of carbonyl (C=O) groups excluding carboxylic acids is 1. The first-order chi connectivity index (χ1) is 9.20. The van der Waals surface area contributed by atoms with E-state index >= 15 is 0 Å². The monoisotopic (exact) mass is 279 g/mol. The van der Waals surface area contributed by atoms with E-state index in [9.17, 15) is 4.79 Å². The van der Waals surface area contributed by atoms with Gasteiger partial charge in [0.15, 0.2) is 0 Å². The van der Waals surface area contributed by atoms with Gasteiger partial charge in [-0.25, -0.2) is 9.78 Å². The summed E-state index contributed by atoms with van der Waals surface area (Å²) in [7, 11) is 1.88. The molecule has 5 heteroatoms. The van der Waals surface area contributed by atoms with Crippen molar-refractivity contribution in [3.8, 4) is 0 Å². The van der Waals surface area contributed by atoms with Gasteiger partial charge in [-0.2, -0.15) is 11.8 Å². The number of hydrogen-bond donors (Lipinski definition) is 1. The average Bonchev–Trinajstić information content (AvgIpc) is 2.88. The SMILES string of the molecule is CCS[C@H]1CC[C@@H](N(C)C(=O)Nc2ccccn2)C1. The maximum absolute atomic E-state index is 12.1. The molecule has 0 radical (unpaired) electrons. The highest BCUT2D eigenvalue weighted by Gasteiger charge is 2.29. The number of carbonyl (C=O) groups is 1. The molecule has 0 spiro atoms. The molecule has 0 bridgehead atoms. The molecule has 0 aromatic carbocycles. The number of amides is 2. The Labute approximate surface area is 119 Å². The molecular formula is C14H21N3OS. The van der Waals surface area contributed by atoms with Crippen LogP contribution in [0, 0.1) is 0 Å². The van der Waals surface area contributed by atoms with Crippen LogP contribution in [0.5, 0.6) is 0 Å². The van der Waals surface area contributed by atoms with Crippen LogP contribution < -0.4 is 5.32 Å². The molecule has 0 saturated heterocycles. The van der Waals surface area contributed by atoms with Gasteiger partial charge in [0, 0.05) is 24.5 Å². The third-order valence-corrected chi connectivity index (χ3v) is 4.76. The fourth-order valence-electron chi connectivity index (χ4n) is 2.46. The second kappa shape index (κ2) is 6.80. The number of nitrogens with one attached hydrogen (secondary N) is 1. The molecule has 2 amide bonds. The molecular weight excluding hydrogens is 258 g/mol. The Kier molecular flexibility index (Phi) is 5.07. The molecule has 19 heavy (non-hydrogen) atoms. The van der Waals surface area contributed by atoms with Gasteiger partial charge in [0.2, 0.25) is 0 Å². The zero-order valence-electron chi connectivity index (χ0n) is 11.5. The fraction of sp³-hybridized carbons (Fsp3) is 0.571. The summed E-state index contributed by atoms with van der Waals surface area (Å²) >= 11 is 2.01. The second-order valence-corrected chi connectivity index (χ2v) is 6.38. The summed E-state index contributed by atoms with van der Waals surface area (Å²) in [6.45, 7) is 2.19. The summed E-state index contributed by atoms with van der Waals surface area (Å²) < 4.78 is 0. The third-order valence-electron chi connectivity index (χ3n) is 3.53. The summed E-state index contributed by atoms with van der Waals surface area (Å²) in [6.07, 6.45) is 5.10. The van der Waals surface area contributed by atoms with Gasteiger partial charge in [-0.05, 0) is 37.1 Å². The Morgan fingerprint density at radius 2 is 2.37 bits per heavy atom. The Balaban J connectivity index is 1.86. The molecule has 0 aliphatic heterocycles. The summed E-state index contributed by atoms with van der Waals surface area (Å²) in [5.41, 5.74) is 0. The Morgan fingerprint density at radius 3 is 3.05 bits per heavy atom. The first-order valence-corrected chi connectivity index (χ1v) is 7.82. The van der Waals surface area contributed by atoms with Crippen molar-refractivity contribution in [3.63, 3.8) is 0 Å². The van der Waals surface area contributed by atoms with Crippen molar-refractivity contribution in [2.24, 2.45) is 0 Å². The lowest BCUT2D eigenvalue weighted by molar-refractivity contribution is 0.205. The maximum atomic E-state index is 12.1. The first-order valence-electron chi connectivity index (χ1n) is 6.77. The largest absolute Gasteiger partial charge is 0.325 e. The molecule has 1 aliphatic rings. The van der Waals surface area contributed by atoms with E-state index in [2.05, 4.69) is 17.2 Å². The Bertz CT molecular complexity index is 412. The number of hydrogen-bond acceptors (Lipinski definition) is 3. The summed E-state index contributed by atoms with van der Waals surface area (Å²) in [5.74, 6) is 1.76. The van der Waals surface area contributed by atoms with E-state index in [-0.39, 0.29) is 6.03 Å². The molecule has 104 valence electrons. The highest BCUT2D eigenvalue weighted by molar-refractivity contribution is 7.99. The number of rotatable bonds is 4. The normalized spacial score (nSPS) is 22.2. The number of thioether (sulfide) groups is 1. The molecule has 1 N–H and O–H groups in total. The lowest BCUT2D eigenvalue weighted by atomic mass is 10.2. The first kappa shape index (κ1) is 14.2.